The monoisotopic (exact) mass is 322 g/mol. The minimum Gasteiger partial charge on any atom is -0.378 e. The van der Waals surface area contributed by atoms with Gasteiger partial charge in [0.05, 0.1) is 6.10 Å². The second-order valence-electron chi connectivity index (χ2n) is 5.79. The van der Waals surface area contributed by atoms with Crippen molar-refractivity contribution in [3.8, 4) is 0 Å². The van der Waals surface area contributed by atoms with Gasteiger partial charge in [-0.3, -0.25) is 4.79 Å². The number of fused-ring (bicyclic) bond motifs is 1. The highest BCUT2D eigenvalue weighted by Gasteiger charge is 2.46. The van der Waals surface area contributed by atoms with Crippen LogP contribution >= 0.6 is 15.9 Å². The molecule has 0 saturated heterocycles. The smallest absolute Gasteiger partial charge is 0.142 e. The number of ether oxygens (including phenoxy) is 1. The molecule has 2 atom stereocenters. The Bertz CT molecular complexity index is 511. The van der Waals surface area contributed by atoms with Crippen molar-refractivity contribution in [2.24, 2.45) is 5.41 Å². The molecule has 1 spiro atoms. The summed E-state index contributed by atoms with van der Waals surface area (Å²) in [4.78, 5) is 12.6. The first kappa shape index (κ1) is 13.3. The van der Waals surface area contributed by atoms with Crippen molar-refractivity contribution >= 4 is 21.7 Å². The minimum absolute atomic E-state index is 0.128. The van der Waals surface area contributed by atoms with Crippen molar-refractivity contribution in [1.29, 1.82) is 0 Å². The fourth-order valence-electron chi connectivity index (χ4n) is 3.58. The van der Waals surface area contributed by atoms with Gasteiger partial charge in [0, 0.05) is 22.9 Å². The topological polar surface area (TPSA) is 26.3 Å². The molecule has 1 unspecified atom stereocenters. The van der Waals surface area contributed by atoms with Crippen molar-refractivity contribution < 1.29 is 9.53 Å². The third-order valence-corrected chi connectivity index (χ3v) is 5.07. The van der Waals surface area contributed by atoms with Crippen LogP contribution in [0.5, 0.6) is 0 Å². The van der Waals surface area contributed by atoms with Crippen LogP contribution in [0.3, 0.4) is 0 Å². The SMILES string of the molecule is CCO[C@@H]1CCC2(Cc3ccc(Br)cc3C2)C(=O)C1. The Morgan fingerprint density at radius 3 is 2.89 bits per heavy atom. The van der Waals surface area contributed by atoms with Gasteiger partial charge >= 0.3 is 0 Å². The van der Waals surface area contributed by atoms with E-state index >= 15 is 0 Å². The first-order valence-corrected chi connectivity index (χ1v) is 7.84. The van der Waals surface area contributed by atoms with Crippen LogP contribution in [-0.2, 0) is 22.4 Å². The van der Waals surface area contributed by atoms with Gasteiger partial charge in [0.2, 0.25) is 0 Å². The first-order chi connectivity index (χ1) is 9.13. The molecule has 0 aromatic heterocycles. The Morgan fingerprint density at radius 2 is 2.16 bits per heavy atom. The molecule has 1 fully saturated rings. The normalized spacial score (nSPS) is 29.8. The summed E-state index contributed by atoms with van der Waals surface area (Å²) in [5.41, 5.74) is 2.57. The fourth-order valence-corrected chi connectivity index (χ4v) is 3.99. The average molecular weight is 323 g/mol. The number of carbonyl (C=O) groups is 1. The van der Waals surface area contributed by atoms with Gasteiger partial charge in [-0.05, 0) is 55.9 Å². The maximum Gasteiger partial charge on any atom is 0.142 e. The molecule has 2 nitrogen and oxygen atoms in total. The lowest BCUT2D eigenvalue weighted by atomic mass is 9.70. The molecule has 102 valence electrons. The van der Waals surface area contributed by atoms with Crippen molar-refractivity contribution in [3.05, 3.63) is 33.8 Å². The molecule has 3 rings (SSSR count). The predicted molar refractivity (Wildman–Crippen MR) is 78.3 cm³/mol. The largest absolute Gasteiger partial charge is 0.378 e. The van der Waals surface area contributed by atoms with Crippen LogP contribution in [0.15, 0.2) is 22.7 Å². The van der Waals surface area contributed by atoms with E-state index in [1.165, 1.54) is 11.1 Å². The summed E-state index contributed by atoms with van der Waals surface area (Å²) in [7, 11) is 0. The summed E-state index contributed by atoms with van der Waals surface area (Å²) in [6.45, 7) is 2.70. The molecular weight excluding hydrogens is 304 g/mol. The van der Waals surface area contributed by atoms with E-state index in [0.717, 1.165) is 30.2 Å². The van der Waals surface area contributed by atoms with Gasteiger partial charge in [0.15, 0.2) is 0 Å². The Kier molecular flexibility index (Phi) is 3.52. The molecule has 0 N–H and O–H groups in total. The number of carbonyl (C=O) groups excluding carboxylic acids is 1. The van der Waals surface area contributed by atoms with Gasteiger partial charge in [-0.15, -0.1) is 0 Å². The zero-order chi connectivity index (χ0) is 13.5. The van der Waals surface area contributed by atoms with Crippen LogP contribution in [0.2, 0.25) is 0 Å². The fraction of sp³-hybridized carbons (Fsp3) is 0.562. The van der Waals surface area contributed by atoms with Gasteiger partial charge < -0.3 is 4.74 Å². The maximum absolute atomic E-state index is 12.6. The van der Waals surface area contributed by atoms with Crippen LogP contribution in [0, 0.1) is 5.41 Å². The Labute approximate surface area is 122 Å². The highest BCUT2D eigenvalue weighted by Crippen LogP contribution is 2.46. The zero-order valence-corrected chi connectivity index (χ0v) is 12.8. The van der Waals surface area contributed by atoms with Gasteiger partial charge in [-0.2, -0.15) is 0 Å². The van der Waals surface area contributed by atoms with Crippen molar-refractivity contribution in [3.63, 3.8) is 0 Å². The lowest BCUT2D eigenvalue weighted by Gasteiger charge is -2.35. The predicted octanol–water partition coefficient (Wildman–Crippen LogP) is 3.69. The number of benzene rings is 1. The molecular formula is C16H19BrO2. The zero-order valence-electron chi connectivity index (χ0n) is 11.2. The number of hydrogen-bond donors (Lipinski definition) is 0. The van der Waals surface area contributed by atoms with E-state index in [0.29, 0.717) is 18.8 Å². The van der Waals surface area contributed by atoms with E-state index in [-0.39, 0.29) is 11.5 Å². The molecule has 0 bridgehead atoms. The summed E-state index contributed by atoms with van der Waals surface area (Å²) in [5.74, 6) is 0.407. The van der Waals surface area contributed by atoms with Crippen LogP contribution < -0.4 is 0 Å². The molecule has 0 amide bonds. The summed E-state index contributed by atoms with van der Waals surface area (Å²) in [6.07, 6.45) is 4.59. The molecule has 0 aliphatic heterocycles. The lowest BCUT2D eigenvalue weighted by Crippen LogP contribution is -2.40. The van der Waals surface area contributed by atoms with Gasteiger partial charge in [-0.25, -0.2) is 0 Å². The van der Waals surface area contributed by atoms with Crippen molar-refractivity contribution in [2.45, 2.75) is 45.1 Å². The molecule has 1 aromatic rings. The molecule has 1 aromatic carbocycles. The number of ketones is 1. The Hall–Kier alpha value is -0.670. The summed E-state index contributed by atoms with van der Waals surface area (Å²) >= 11 is 3.52. The summed E-state index contributed by atoms with van der Waals surface area (Å²) in [5, 5.41) is 0. The van der Waals surface area contributed by atoms with Crippen molar-refractivity contribution in [1.82, 2.24) is 0 Å². The molecule has 3 heteroatoms. The molecule has 0 heterocycles. The lowest BCUT2D eigenvalue weighted by molar-refractivity contribution is -0.136. The Balaban J connectivity index is 1.79. The third-order valence-electron chi connectivity index (χ3n) is 4.58. The average Bonchev–Trinajstić information content (AvgIpc) is 2.73. The summed E-state index contributed by atoms with van der Waals surface area (Å²) in [6, 6.07) is 6.41. The highest BCUT2D eigenvalue weighted by molar-refractivity contribution is 9.10. The first-order valence-electron chi connectivity index (χ1n) is 7.05. The van der Waals surface area contributed by atoms with Crippen LogP contribution in [0.4, 0.5) is 0 Å². The molecule has 1 saturated carbocycles. The van der Waals surface area contributed by atoms with E-state index in [1.54, 1.807) is 0 Å². The van der Waals surface area contributed by atoms with Gasteiger partial charge in [-0.1, -0.05) is 22.0 Å². The van der Waals surface area contributed by atoms with E-state index in [2.05, 4.69) is 34.1 Å². The highest BCUT2D eigenvalue weighted by atomic mass is 79.9. The van der Waals surface area contributed by atoms with Crippen LogP contribution in [-0.4, -0.2) is 18.5 Å². The quantitative estimate of drug-likeness (QED) is 0.830. The number of rotatable bonds is 2. The number of Topliss-reactive ketones (excluding diaryl/α,β-unsaturated/α-hetero) is 1. The minimum atomic E-state index is -0.128. The molecule has 2 aliphatic rings. The number of halogens is 1. The van der Waals surface area contributed by atoms with Gasteiger partial charge in [0.25, 0.3) is 0 Å². The van der Waals surface area contributed by atoms with E-state index in [1.807, 2.05) is 6.92 Å². The molecule has 2 aliphatic carbocycles. The third kappa shape index (κ3) is 2.38. The van der Waals surface area contributed by atoms with E-state index in [4.69, 9.17) is 4.74 Å². The van der Waals surface area contributed by atoms with E-state index < -0.39 is 0 Å². The van der Waals surface area contributed by atoms with E-state index in [9.17, 15) is 4.79 Å². The van der Waals surface area contributed by atoms with Crippen molar-refractivity contribution in [2.75, 3.05) is 6.61 Å². The summed E-state index contributed by atoms with van der Waals surface area (Å²) < 4.78 is 6.73. The van der Waals surface area contributed by atoms with Crippen LogP contribution in [0.1, 0.15) is 37.3 Å². The van der Waals surface area contributed by atoms with Gasteiger partial charge in [0.1, 0.15) is 5.78 Å². The number of hydrogen-bond acceptors (Lipinski definition) is 2. The Morgan fingerprint density at radius 1 is 1.37 bits per heavy atom. The second-order valence-corrected chi connectivity index (χ2v) is 6.71. The maximum atomic E-state index is 12.6. The second kappa shape index (κ2) is 5.02. The molecule has 19 heavy (non-hydrogen) atoms. The van der Waals surface area contributed by atoms with Crippen LogP contribution in [0.25, 0.3) is 0 Å². The molecule has 0 radical (unpaired) electrons. The standard InChI is InChI=1S/C16H19BrO2/c1-2-19-14-5-6-16(15(18)8-14)9-11-3-4-13(17)7-12(11)10-16/h3-4,7,14H,2,5-6,8-10H2,1H3/t14-,16?/m1/s1.